The molecule has 1 N–H and O–H groups in total. The molecular formula is C22H27ClN4O2. The molecule has 2 aromatic heterocycles. The first-order valence-electron chi connectivity index (χ1n) is 10.2. The first-order chi connectivity index (χ1) is 14.2. The summed E-state index contributed by atoms with van der Waals surface area (Å²) in [5.74, 6) is 1.71. The van der Waals surface area contributed by atoms with E-state index in [0.29, 0.717) is 24.3 Å². The third-order valence-electron chi connectivity index (χ3n) is 5.40. The smallest absolute Gasteiger partial charge is 0.165 e. The van der Waals surface area contributed by atoms with Crippen molar-refractivity contribution in [3.63, 3.8) is 0 Å². The number of nitrogens with one attached hydrogen (secondary N) is 1. The maximum Gasteiger partial charge on any atom is 0.165 e. The molecule has 0 radical (unpaired) electrons. The van der Waals surface area contributed by atoms with E-state index in [2.05, 4.69) is 24.3 Å². The number of fused-ring (bicyclic) bond motifs is 2. The molecule has 0 amide bonds. The highest BCUT2D eigenvalue weighted by Gasteiger charge is 2.25. The molecule has 0 spiro atoms. The molecule has 7 heteroatoms. The quantitative estimate of drug-likeness (QED) is 0.529. The number of aromatic nitrogens is 3. The van der Waals surface area contributed by atoms with Gasteiger partial charge in [-0.1, -0.05) is 38.3 Å². The maximum absolute atomic E-state index is 6.54. The van der Waals surface area contributed by atoms with Crippen molar-refractivity contribution in [1.29, 1.82) is 0 Å². The van der Waals surface area contributed by atoms with Crippen molar-refractivity contribution in [3.8, 4) is 16.9 Å². The fourth-order valence-corrected chi connectivity index (χ4v) is 4.22. The minimum absolute atomic E-state index is 0.400. The number of ether oxygens (including phenoxy) is 2. The highest BCUT2D eigenvalue weighted by Crippen LogP contribution is 2.36. The zero-order chi connectivity index (χ0) is 20.4. The highest BCUT2D eigenvalue weighted by molar-refractivity contribution is 6.33. The molecule has 29 heavy (non-hydrogen) atoms. The van der Waals surface area contributed by atoms with Crippen molar-refractivity contribution < 1.29 is 9.47 Å². The number of rotatable bonds is 8. The Labute approximate surface area is 176 Å². The van der Waals surface area contributed by atoms with Crippen LogP contribution < -0.4 is 10.1 Å². The summed E-state index contributed by atoms with van der Waals surface area (Å²) in [5.41, 5.74) is 4.65. The molecule has 0 saturated carbocycles. The Morgan fingerprint density at radius 3 is 2.69 bits per heavy atom. The van der Waals surface area contributed by atoms with Crippen molar-refractivity contribution >= 4 is 23.1 Å². The predicted octanol–water partition coefficient (Wildman–Crippen LogP) is 5.47. The van der Waals surface area contributed by atoms with E-state index in [1.165, 1.54) is 0 Å². The Kier molecular flexibility index (Phi) is 5.92. The Morgan fingerprint density at radius 2 is 2.00 bits per heavy atom. The largest absolute Gasteiger partial charge is 0.497 e. The van der Waals surface area contributed by atoms with Gasteiger partial charge in [0.15, 0.2) is 5.65 Å². The van der Waals surface area contributed by atoms with E-state index in [1.807, 2.05) is 28.9 Å². The fourth-order valence-electron chi connectivity index (χ4n) is 3.95. The molecule has 0 saturated heterocycles. The molecule has 3 heterocycles. The molecule has 0 atom stereocenters. The molecule has 154 valence electrons. The number of halogens is 1. The summed E-state index contributed by atoms with van der Waals surface area (Å²) in [5, 5.41) is 9.04. The minimum atomic E-state index is 0.400. The van der Waals surface area contributed by atoms with Crippen LogP contribution in [0.3, 0.4) is 0 Å². The zero-order valence-corrected chi connectivity index (χ0v) is 17.9. The van der Waals surface area contributed by atoms with E-state index in [1.54, 1.807) is 7.11 Å². The number of methoxy groups -OCH3 is 1. The Morgan fingerprint density at radius 1 is 1.21 bits per heavy atom. The van der Waals surface area contributed by atoms with Crippen LogP contribution in [-0.4, -0.2) is 27.7 Å². The van der Waals surface area contributed by atoms with Crippen LogP contribution in [-0.2, 0) is 18.0 Å². The molecule has 1 aliphatic heterocycles. The van der Waals surface area contributed by atoms with Gasteiger partial charge < -0.3 is 14.8 Å². The summed E-state index contributed by atoms with van der Waals surface area (Å²) < 4.78 is 12.9. The Bertz CT molecular complexity index is 1010. The second kappa shape index (κ2) is 8.59. The van der Waals surface area contributed by atoms with Gasteiger partial charge in [-0.05, 0) is 31.0 Å². The molecule has 0 fully saturated rings. The molecule has 0 bridgehead atoms. The predicted molar refractivity (Wildman–Crippen MR) is 116 cm³/mol. The van der Waals surface area contributed by atoms with Gasteiger partial charge in [-0.2, -0.15) is 9.61 Å². The van der Waals surface area contributed by atoms with Gasteiger partial charge in [-0.25, -0.2) is 4.98 Å². The van der Waals surface area contributed by atoms with Crippen LogP contribution in [0.25, 0.3) is 16.8 Å². The maximum atomic E-state index is 6.54. The lowest BCUT2D eigenvalue weighted by molar-refractivity contribution is 0.133. The van der Waals surface area contributed by atoms with Gasteiger partial charge in [0.05, 0.1) is 37.2 Å². The zero-order valence-electron chi connectivity index (χ0n) is 17.2. The van der Waals surface area contributed by atoms with Crippen LogP contribution in [0.2, 0.25) is 5.02 Å². The van der Waals surface area contributed by atoms with Gasteiger partial charge in [0, 0.05) is 22.7 Å². The number of nitrogens with zero attached hydrogens (tertiary/aromatic N) is 3. The van der Waals surface area contributed by atoms with Crippen molar-refractivity contribution in [1.82, 2.24) is 14.6 Å². The van der Waals surface area contributed by atoms with Crippen molar-refractivity contribution in [2.75, 3.05) is 12.4 Å². The third kappa shape index (κ3) is 3.79. The van der Waals surface area contributed by atoms with Crippen LogP contribution in [0.5, 0.6) is 5.75 Å². The summed E-state index contributed by atoms with van der Waals surface area (Å²) in [6, 6.07) is 6.07. The second-order valence-electron chi connectivity index (χ2n) is 7.44. The second-order valence-corrected chi connectivity index (χ2v) is 7.84. The molecule has 6 nitrogen and oxygen atoms in total. The van der Waals surface area contributed by atoms with Crippen LogP contribution in [0.15, 0.2) is 24.4 Å². The summed E-state index contributed by atoms with van der Waals surface area (Å²) in [6.45, 7) is 5.52. The van der Waals surface area contributed by atoms with Gasteiger partial charge in [0.25, 0.3) is 0 Å². The van der Waals surface area contributed by atoms with Gasteiger partial charge >= 0.3 is 0 Å². The van der Waals surface area contributed by atoms with E-state index >= 15 is 0 Å². The van der Waals surface area contributed by atoms with E-state index in [4.69, 9.17) is 26.1 Å². The lowest BCUT2D eigenvalue weighted by Gasteiger charge is -2.21. The molecule has 1 aliphatic rings. The molecule has 4 rings (SSSR count). The lowest BCUT2D eigenvalue weighted by Crippen LogP contribution is -2.22. The molecule has 0 aliphatic carbocycles. The molecule has 0 unspecified atom stereocenters. The van der Waals surface area contributed by atoms with E-state index in [-0.39, 0.29) is 0 Å². The number of anilines is 1. The molecular weight excluding hydrogens is 388 g/mol. The highest BCUT2D eigenvalue weighted by atomic mass is 35.5. The van der Waals surface area contributed by atoms with Crippen molar-refractivity contribution in [3.05, 3.63) is 40.7 Å². The number of hydrogen-bond donors (Lipinski definition) is 1. The van der Waals surface area contributed by atoms with Gasteiger partial charge in [-0.15, -0.1) is 0 Å². The van der Waals surface area contributed by atoms with Crippen LogP contribution in [0.1, 0.15) is 50.8 Å². The van der Waals surface area contributed by atoms with Crippen molar-refractivity contribution in [2.45, 2.75) is 58.8 Å². The lowest BCUT2D eigenvalue weighted by atomic mass is 10.1. The Balaban J connectivity index is 1.83. The van der Waals surface area contributed by atoms with Gasteiger partial charge in [0.1, 0.15) is 11.6 Å². The topological polar surface area (TPSA) is 60.7 Å². The summed E-state index contributed by atoms with van der Waals surface area (Å²) in [4.78, 5) is 4.88. The van der Waals surface area contributed by atoms with Crippen LogP contribution >= 0.6 is 11.6 Å². The minimum Gasteiger partial charge on any atom is -0.497 e. The average Bonchev–Trinajstić information content (AvgIpc) is 3.35. The molecule has 3 aromatic rings. The van der Waals surface area contributed by atoms with Gasteiger partial charge in [-0.3, -0.25) is 0 Å². The first kappa shape index (κ1) is 20.0. The standard InChI is InChI=1S/C22H27ClN4O2/c1-4-6-14(7-5-2)25-22-18-12-29-13-20(18)26-21-17(11-24-27(21)22)16-9-8-15(28-3)10-19(16)23/h8-11,14,25H,4-7,12-13H2,1-3H3. The average molecular weight is 415 g/mol. The Hall–Kier alpha value is -2.31. The third-order valence-corrected chi connectivity index (χ3v) is 5.71. The summed E-state index contributed by atoms with van der Waals surface area (Å²) in [7, 11) is 1.63. The van der Waals surface area contributed by atoms with E-state index < -0.39 is 0 Å². The van der Waals surface area contributed by atoms with E-state index in [0.717, 1.165) is 65.3 Å². The first-order valence-corrected chi connectivity index (χ1v) is 10.6. The molecule has 1 aromatic carbocycles. The van der Waals surface area contributed by atoms with E-state index in [9.17, 15) is 0 Å². The number of hydrogen-bond acceptors (Lipinski definition) is 5. The van der Waals surface area contributed by atoms with Crippen LogP contribution in [0, 0.1) is 0 Å². The number of benzene rings is 1. The van der Waals surface area contributed by atoms with Crippen LogP contribution in [0.4, 0.5) is 5.82 Å². The normalized spacial score (nSPS) is 13.3. The summed E-state index contributed by atoms with van der Waals surface area (Å²) >= 11 is 6.54. The van der Waals surface area contributed by atoms with Crippen molar-refractivity contribution in [2.24, 2.45) is 0 Å². The summed E-state index contributed by atoms with van der Waals surface area (Å²) in [6.07, 6.45) is 6.34. The SMILES string of the molecule is CCCC(CCC)Nc1c2c(nc3c(-c4ccc(OC)cc4Cl)cnn13)COC2. The van der Waals surface area contributed by atoms with Gasteiger partial charge in [0.2, 0.25) is 0 Å². The fraction of sp³-hybridized carbons (Fsp3) is 0.455. The monoisotopic (exact) mass is 414 g/mol.